The van der Waals surface area contributed by atoms with Crippen LogP contribution in [0.4, 0.5) is 0 Å². The molecule has 0 heterocycles. The van der Waals surface area contributed by atoms with E-state index in [0.717, 1.165) is 24.7 Å². The summed E-state index contributed by atoms with van der Waals surface area (Å²) in [6, 6.07) is 9.37. The molecule has 0 bridgehead atoms. The molecule has 0 radical (unpaired) electrons. The van der Waals surface area contributed by atoms with E-state index in [4.69, 9.17) is 5.73 Å². The van der Waals surface area contributed by atoms with Crippen molar-refractivity contribution in [2.75, 3.05) is 0 Å². The third-order valence-electron chi connectivity index (χ3n) is 4.91. The highest BCUT2D eigenvalue weighted by Gasteiger charge is 2.25. The van der Waals surface area contributed by atoms with Crippen LogP contribution in [0.15, 0.2) is 24.3 Å². The molecule has 1 aromatic rings. The van der Waals surface area contributed by atoms with E-state index in [9.17, 15) is 0 Å². The summed E-state index contributed by atoms with van der Waals surface area (Å²) in [6.07, 6.45) is 8.98. The lowest BCUT2D eigenvalue weighted by Crippen LogP contribution is -2.35. The average molecular weight is 259 g/mol. The molecule has 106 valence electrons. The maximum absolute atomic E-state index is 6.47. The van der Waals surface area contributed by atoms with Crippen LogP contribution in [0.1, 0.15) is 57.1 Å². The van der Waals surface area contributed by atoms with Crippen LogP contribution in [0.3, 0.4) is 0 Å². The second-order valence-electron chi connectivity index (χ2n) is 6.24. The highest BCUT2D eigenvalue weighted by Crippen LogP contribution is 2.33. The molecule has 19 heavy (non-hydrogen) atoms. The van der Waals surface area contributed by atoms with Crippen LogP contribution < -0.4 is 5.73 Å². The van der Waals surface area contributed by atoms with Crippen LogP contribution in [-0.4, -0.2) is 6.04 Å². The van der Waals surface area contributed by atoms with Crippen LogP contribution in [-0.2, 0) is 12.8 Å². The molecule has 1 aliphatic rings. The Hall–Kier alpha value is -0.820. The molecular weight excluding hydrogens is 230 g/mol. The summed E-state index contributed by atoms with van der Waals surface area (Å²) in [5.41, 5.74) is 9.29. The number of nitrogens with two attached hydrogens (primary N) is 1. The largest absolute Gasteiger partial charge is 0.327 e. The molecule has 1 aliphatic carbocycles. The maximum atomic E-state index is 6.47. The minimum Gasteiger partial charge on any atom is -0.327 e. The van der Waals surface area contributed by atoms with E-state index >= 15 is 0 Å². The summed E-state index contributed by atoms with van der Waals surface area (Å²) < 4.78 is 0. The highest BCUT2D eigenvalue weighted by atomic mass is 14.7. The molecule has 1 saturated carbocycles. The molecule has 0 saturated heterocycles. The molecule has 3 unspecified atom stereocenters. The van der Waals surface area contributed by atoms with E-state index in [-0.39, 0.29) is 0 Å². The van der Waals surface area contributed by atoms with Crippen molar-refractivity contribution in [1.82, 2.24) is 0 Å². The van der Waals surface area contributed by atoms with Crippen molar-refractivity contribution in [3.05, 3.63) is 35.4 Å². The first kappa shape index (κ1) is 14.6. The predicted molar refractivity (Wildman–Crippen MR) is 83.2 cm³/mol. The zero-order valence-corrected chi connectivity index (χ0v) is 12.6. The van der Waals surface area contributed by atoms with Gasteiger partial charge in [0.25, 0.3) is 0 Å². The summed E-state index contributed by atoms with van der Waals surface area (Å²) in [5, 5.41) is 0. The van der Waals surface area contributed by atoms with Gasteiger partial charge in [0.15, 0.2) is 0 Å². The van der Waals surface area contributed by atoms with Gasteiger partial charge in [-0.25, -0.2) is 0 Å². The lowest BCUT2D eigenvalue weighted by atomic mass is 9.76. The Morgan fingerprint density at radius 3 is 2.42 bits per heavy atom. The SMILES string of the molecule is CCc1ccc(CC(N)C2CCCC(CC)C2)cc1. The predicted octanol–water partition coefficient (Wildman–Crippen LogP) is 4.34. The molecule has 0 amide bonds. The Morgan fingerprint density at radius 2 is 1.79 bits per heavy atom. The number of aryl methyl sites for hydroxylation is 1. The molecule has 0 aliphatic heterocycles. The third kappa shape index (κ3) is 4.07. The van der Waals surface area contributed by atoms with Gasteiger partial charge in [0.05, 0.1) is 0 Å². The monoisotopic (exact) mass is 259 g/mol. The minimum atomic E-state index is 0.349. The first-order valence-electron chi connectivity index (χ1n) is 8.06. The molecule has 3 atom stereocenters. The normalized spacial score (nSPS) is 25.2. The van der Waals surface area contributed by atoms with Gasteiger partial charge >= 0.3 is 0 Å². The first-order valence-corrected chi connectivity index (χ1v) is 8.06. The van der Waals surface area contributed by atoms with Crippen LogP contribution >= 0.6 is 0 Å². The zero-order chi connectivity index (χ0) is 13.7. The van der Waals surface area contributed by atoms with Crippen molar-refractivity contribution in [1.29, 1.82) is 0 Å². The van der Waals surface area contributed by atoms with Crippen molar-refractivity contribution < 1.29 is 0 Å². The van der Waals surface area contributed by atoms with Crippen LogP contribution in [0.25, 0.3) is 0 Å². The number of hydrogen-bond donors (Lipinski definition) is 1. The lowest BCUT2D eigenvalue weighted by Gasteiger charge is -2.32. The molecule has 1 nitrogen and oxygen atoms in total. The molecule has 0 spiro atoms. The van der Waals surface area contributed by atoms with Gasteiger partial charge in [0.1, 0.15) is 0 Å². The fourth-order valence-corrected chi connectivity index (χ4v) is 3.44. The smallest absolute Gasteiger partial charge is 0.0108 e. The third-order valence-corrected chi connectivity index (χ3v) is 4.91. The summed E-state index contributed by atoms with van der Waals surface area (Å²) in [7, 11) is 0. The molecule has 1 heteroatoms. The number of hydrogen-bond acceptors (Lipinski definition) is 1. The Labute approximate surface area is 118 Å². The van der Waals surface area contributed by atoms with E-state index < -0.39 is 0 Å². The van der Waals surface area contributed by atoms with E-state index in [2.05, 4.69) is 38.1 Å². The fraction of sp³-hybridized carbons (Fsp3) is 0.667. The van der Waals surface area contributed by atoms with E-state index in [1.165, 1.54) is 43.2 Å². The zero-order valence-electron chi connectivity index (χ0n) is 12.6. The van der Waals surface area contributed by atoms with Crippen molar-refractivity contribution in [2.24, 2.45) is 17.6 Å². The van der Waals surface area contributed by atoms with Crippen LogP contribution in [0, 0.1) is 11.8 Å². The minimum absolute atomic E-state index is 0.349. The van der Waals surface area contributed by atoms with Crippen molar-refractivity contribution in [2.45, 2.75) is 64.8 Å². The molecule has 1 aromatic carbocycles. The number of rotatable bonds is 5. The Bertz CT molecular complexity index is 368. The Balaban J connectivity index is 1.90. The molecule has 1 fully saturated rings. The van der Waals surface area contributed by atoms with E-state index in [1.54, 1.807) is 0 Å². The standard InChI is InChI=1S/C18H29N/c1-3-14-8-10-16(11-9-14)13-18(19)17-7-5-6-15(4-2)12-17/h8-11,15,17-18H,3-7,12-13,19H2,1-2H3. The van der Waals surface area contributed by atoms with Gasteiger partial charge in [0.2, 0.25) is 0 Å². The van der Waals surface area contributed by atoms with Gasteiger partial charge in [-0.05, 0) is 48.6 Å². The summed E-state index contributed by atoms with van der Waals surface area (Å²) >= 11 is 0. The second kappa shape index (κ2) is 7.09. The average Bonchev–Trinajstić information content (AvgIpc) is 2.48. The van der Waals surface area contributed by atoms with E-state index in [0.29, 0.717) is 6.04 Å². The maximum Gasteiger partial charge on any atom is 0.0108 e. The van der Waals surface area contributed by atoms with E-state index in [1.807, 2.05) is 0 Å². The van der Waals surface area contributed by atoms with Crippen molar-refractivity contribution in [3.8, 4) is 0 Å². The molecule has 0 aromatic heterocycles. The van der Waals surface area contributed by atoms with Gasteiger partial charge in [0, 0.05) is 6.04 Å². The summed E-state index contributed by atoms with van der Waals surface area (Å²) in [6.45, 7) is 4.52. The highest BCUT2D eigenvalue weighted by molar-refractivity contribution is 5.23. The van der Waals surface area contributed by atoms with Gasteiger partial charge in [-0.3, -0.25) is 0 Å². The topological polar surface area (TPSA) is 26.0 Å². The van der Waals surface area contributed by atoms with Gasteiger partial charge in [-0.15, -0.1) is 0 Å². The first-order chi connectivity index (χ1) is 9.22. The van der Waals surface area contributed by atoms with Gasteiger partial charge in [-0.2, -0.15) is 0 Å². The fourth-order valence-electron chi connectivity index (χ4n) is 3.44. The number of benzene rings is 1. The molecule has 2 rings (SSSR count). The quantitative estimate of drug-likeness (QED) is 0.836. The van der Waals surface area contributed by atoms with Crippen LogP contribution in [0.2, 0.25) is 0 Å². The van der Waals surface area contributed by atoms with Gasteiger partial charge < -0.3 is 5.73 Å². The summed E-state index contributed by atoms with van der Waals surface area (Å²) in [5.74, 6) is 1.66. The van der Waals surface area contributed by atoms with Gasteiger partial charge in [-0.1, -0.05) is 57.4 Å². The Morgan fingerprint density at radius 1 is 1.11 bits per heavy atom. The molecular formula is C18H29N. The van der Waals surface area contributed by atoms with Crippen LogP contribution in [0.5, 0.6) is 0 Å². The Kier molecular flexibility index (Phi) is 5.45. The van der Waals surface area contributed by atoms with Crippen molar-refractivity contribution in [3.63, 3.8) is 0 Å². The molecule has 2 N–H and O–H groups in total. The summed E-state index contributed by atoms with van der Waals surface area (Å²) in [4.78, 5) is 0. The lowest BCUT2D eigenvalue weighted by molar-refractivity contribution is 0.228. The van der Waals surface area contributed by atoms with Crippen molar-refractivity contribution >= 4 is 0 Å². The second-order valence-corrected chi connectivity index (χ2v) is 6.24.